The average molecular weight is 355 g/mol. The predicted molar refractivity (Wildman–Crippen MR) is 93.6 cm³/mol. The molecule has 0 spiro atoms. The van der Waals surface area contributed by atoms with Gasteiger partial charge in [-0.15, -0.1) is 0 Å². The second-order valence-electron chi connectivity index (χ2n) is 6.73. The van der Waals surface area contributed by atoms with Gasteiger partial charge in [0.25, 0.3) is 5.91 Å². The molecular weight excluding hydrogens is 334 g/mol. The van der Waals surface area contributed by atoms with Crippen LogP contribution in [0.3, 0.4) is 0 Å². The molecule has 1 aliphatic carbocycles. The summed E-state index contributed by atoms with van der Waals surface area (Å²) in [6, 6.07) is 10.6. The van der Waals surface area contributed by atoms with Crippen LogP contribution in [0.2, 0.25) is 0 Å². The highest BCUT2D eigenvalue weighted by atomic mass is 16.5. The van der Waals surface area contributed by atoms with Crippen molar-refractivity contribution >= 4 is 11.9 Å². The smallest absolute Gasteiger partial charge is 0.356 e. The van der Waals surface area contributed by atoms with Gasteiger partial charge in [-0.25, -0.2) is 9.48 Å². The lowest BCUT2D eigenvalue weighted by Gasteiger charge is -2.43. The molecule has 2 atom stereocenters. The normalized spacial score (nSPS) is 22.7. The first-order valence-corrected chi connectivity index (χ1v) is 8.96. The van der Waals surface area contributed by atoms with E-state index in [2.05, 4.69) is 5.10 Å². The van der Waals surface area contributed by atoms with Crippen LogP contribution in [0.4, 0.5) is 0 Å². The molecule has 2 aromatic rings. The number of para-hydroxylation sites is 1. The van der Waals surface area contributed by atoms with Gasteiger partial charge in [-0.3, -0.25) is 4.79 Å². The molecule has 7 heteroatoms. The van der Waals surface area contributed by atoms with Crippen LogP contribution >= 0.6 is 0 Å². The molecule has 1 N–H and O–H groups in total. The van der Waals surface area contributed by atoms with Crippen LogP contribution < -0.4 is 0 Å². The van der Waals surface area contributed by atoms with Crippen LogP contribution in [0.15, 0.2) is 36.4 Å². The van der Waals surface area contributed by atoms with Crippen molar-refractivity contribution in [2.75, 3.05) is 13.2 Å². The van der Waals surface area contributed by atoms with Gasteiger partial charge in [0.2, 0.25) is 0 Å². The number of aromatic nitrogens is 2. The second kappa shape index (κ2) is 6.92. The standard InChI is InChI=1S/C19H21N3O4/c23-18(21-10-11-26-17-9-5-4-8-15(17)21)16-12-14(19(24)25)20-22(16)13-6-2-1-3-7-13/h1-3,6-7,12,15,17H,4-5,8-11H2,(H,24,25)/t15-,17+/m1/s1. The van der Waals surface area contributed by atoms with Gasteiger partial charge >= 0.3 is 5.97 Å². The van der Waals surface area contributed by atoms with E-state index in [1.807, 2.05) is 23.1 Å². The summed E-state index contributed by atoms with van der Waals surface area (Å²) in [5.74, 6) is -1.33. The fraction of sp³-hybridized carbons (Fsp3) is 0.421. The Hall–Kier alpha value is -2.67. The van der Waals surface area contributed by atoms with Gasteiger partial charge in [0.05, 0.1) is 24.4 Å². The van der Waals surface area contributed by atoms with Crippen LogP contribution in [0.5, 0.6) is 0 Å². The van der Waals surface area contributed by atoms with E-state index >= 15 is 0 Å². The Morgan fingerprint density at radius 1 is 1.15 bits per heavy atom. The third-order valence-corrected chi connectivity index (χ3v) is 5.14. The first-order chi connectivity index (χ1) is 12.6. The molecule has 2 fully saturated rings. The van der Waals surface area contributed by atoms with Crippen molar-refractivity contribution in [3.8, 4) is 5.69 Å². The lowest BCUT2D eigenvalue weighted by Crippen LogP contribution is -2.55. The summed E-state index contributed by atoms with van der Waals surface area (Å²) in [7, 11) is 0. The van der Waals surface area contributed by atoms with E-state index in [0.29, 0.717) is 18.8 Å². The van der Waals surface area contributed by atoms with Crippen molar-refractivity contribution in [1.29, 1.82) is 0 Å². The SMILES string of the molecule is O=C(O)c1cc(C(=O)N2CCO[C@H]3CCCC[C@H]32)n(-c2ccccc2)n1. The predicted octanol–water partition coefficient (Wildman–Crippen LogP) is 2.35. The number of benzene rings is 1. The van der Waals surface area contributed by atoms with E-state index in [1.165, 1.54) is 10.7 Å². The Bertz CT molecular complexity index is 815. The highest BCUT2D eigenvalue weighted by Crippen LogP contribution is 2.30. The summed E-state index contributed by atoms with van der Waals surface area (Å²) in [4.78, 5) is 26.5. The largest absolute Gasteiger partial charge is 0.476 e. The third-order valence-electron chi connectivity index (χ3n) is 5.14. The summed E-state index contributed by atoms with van der Waals surface area (Å²) in [5, 5.41) is 13.5. The monoisotopic (exact) mass is 355 g/mol. The van der Waals surface area contributed by atoms with Gasteiger partial charge in [0.1, 0.15) is 5.69 Å². The quantitative estimate of drug-likeness (QED) is 0.914. The number of rotatable bonds is 3. The van der Waals surface area contributed by atoms with Gasteiger partial charge in [-0.2, -0.15) is 5.10 Å². The molecule has 1 amide bonds. The van der Waals surface area contributed by atoms with Crippen LogP contribution in [0, 0.1) is 0 Å². The number of carbonyl (C=O) groups is 2. The zero-order chi connectivity index (χ0) is 18.1. The maximum Gasteiger partial charge on any atom is 0.356 e. The summed E-state index contributed by atoms with van der Waals surface area (Å²) in [6.45, 7) is 1.03. The van der Waals surface area contributed by atoms with Crippen molar-refractivity contribution in [1.82, 2.24) is 14.7 Å². The molecule has 2 aliphatic rings. The molecule has 0 bridgehead atoms. The Labute approximate surface area is 151 Å². The summed E-state index contributed by atoms with van der Waals surface area (Å²) in [5.41, 5.74) is 0.808. The molecule has 7 nitrogen and oxygen atoms in total. The van der Waals surface area contributed by atoms with Crippen molar-refractivity contribution in [2.24, 2.45) is 0 Å². The number of carboxylic acid groups (broad SMARTS) is 1. The minimum Gasteiger partial charge on any atom is -0.476 e. The number of hydrogen-bond donors (Lipinski definition) is 1. The first-order valence-electron chi connectivity index (χ1n) is 8.96. The summed E-state index contributed by atoms with van der Waals surface area (Å²) in [6.07, 6.45) is 4.16. The fourth-order valence-electron chi connectivity index (χ4n) is 3.90. The van der Waals surface area contributed by atoms with Crippen LogP contribution in [0.25, 0.3) is 5.69 Å². The maximum absolute atomic E-state index is 13.3. The molecule has 0 unspecified atom stereocenters. The minimum absolute atomic E-state index is 0.0531. The Morgan fingerprint density at radius 3 is 2.69 bits per heavy atom. The van der Waals surface area contributed by atoms with Crippen LogP contribution in [-0.4, -0.2) is 57.0 Å². The van der Waals surface area contributed by atoms with E-state index in [4.69, 9.17) is 4.74 Å². The molecule has 26 heavy (non-hydrogen) atoms. The fourth-order valence-corrected chi connectivity index (χ4v) is 3.90. The van der Waals surface area contributed by atoms with E-state index in [-0.39, 0.29) is 29.4 Å². The number of nitrogens with zero attached hydrogens (tertiary/aromatic N) is 3. The maximum atomic E-state index is 13.3. The summed E-state index contributed by atoms with van der Waals surface area (Å²) >= 11 is 0. The molecule has 1 aromatic heterocycles. The number of amides is 1. The van der Waals surface area contributed by atoms with Crippen molar-refractivity contribution in [2.45, 2.75) is 37.8 Å². The number of aromatic carboxylic acids is 1. The zero-order valence-corrected chi connectivity index (χ0v) is 14.4. The molecule has 1 aromatic carbocycles. The van der Waals surface area contributed by atoms with Gasteiger partial charge in [0.15, 0.2) is 5.69 Å². The van der Waals surface area contributed by atoms with Gasteiger partial charge < -0.3 is 14.7 Å². The van der Waals surface area contributed by atoms with Gasteiger partial charge in [-0.1, -0.05) is 31.0 Å². The molecule has 1 saturated carbocycles. The lowest BCUT2D eigenvalue weighted by atomic mass is 9.90. The Kier molecular flexibility index (Phi) is 4.46. The Morgan fingerprint density at radius 2 is 1.92 bits per heavy atom. The molecule has 1 saturated heterocycles. The topological polar surface area (TPSA) is 84.7 Å². The molecular formula is C19H21N3O4. The highest BCUT2D eigenvalue weighted by Gasteiger charge is 2.38. The average Bonchev–Trinajstić information content (AvgIpc) is 3.13. The zero-order valence-electron chi connectivity index (χ0n) is 14.4. The van der Waals surface area contributed by atoms with E-state index in [9.17, 15) is 14.7 Å². The lowest BCUT2D eigenvalue weighted by molar-refractivity contribution is -0.0754. The van der Waals surface area contributed by atoms with E-state index in [0.717, 1.165) is 25.7 Å². The summed E-state index contributed by atoms with van der Waals surface area (Å²) < 4.78 is 7.28. The van der Waals surface area contributed by atoms with Crippen molar-refractivity contribution in [3.63, 3.8) is 0 Å². The second-order valence-corrected chi connectivity index (χ2v) is 6.73. The number of carbonyl (C=O) groups excluding carboxylic acids is 1. The number of carboxylic acids is 1. The van der Waals surface area contributed by atoms with Crippen molar-refractivity contribution < 1.29 is 19.4 Å². The van der Waals surface area contributed by atoms with E-state index in [1.54, 1.807) is 12.1 Å². The molecule has 4 rings (SSSR count). The number of hydrogen-bond acceptors (Lipinski definition) is 4. The van der Waals surface area contributed by atoms with Gasteiger partial charge in [-0.05, 0) is 25.0 Å². The number of ether oxygens (including phenoxy) is 1. The highest BCUT2D eigenvalue weighted by molar-refractivity contribution is 5.96. The number of morpholine rings is 1. The van der Waals surface area contributed by atoms with Gasteiger partial charge in [0, 0.05) is 12.6 Å². The molecule has 0 radical (unpaired) electrons. The molecule has 1 aliphatic heterocycles. The minimum atomic E-state index is -1.15. The third kappa shape index (κ3) is 2.99. The van der Waals surface area contributed by atoms with E-state index < -0.39 is 5.97 Å². The van der Waals surface area contributed by atoms with Crippen LogP contribution in [0.1, 0.15) is 46.7 Å². The molecule has 136 valence electrons. The first kappa shape index (κ1) is 16.8. The van der Waals surface area contributed by atoms with Crippen molar-refractivity contribution in [3.05, 3.63) is 47.8 Å². The molecule has 2 heterocycles. The van der Waals surface area contributed by atoms with Crippen LogP contribution in [-0.2, 0) is 4.74 Å². The Balaban J connectivity index is 1.72. The number of fused-ring (bicyclic) bond motifs is 1.